The van der Waals surface area contributed by atoms with Crippen LogP contribution in [0.2, 0.25) is 0 Å². The Kier molecular flexibility index (Phi) is 45.7. The summed E-state index contributed by atoms with van der Waals surface area (Å²) < 4.78 is 0. The molecule has 0 atom stereocenters. The van der Waals surface area contributed by atoms with E-state index < -0.39 is 0 Å². The van der Waals surface area contributed by atoms with Crippen LogP contribution in [-0.2, 0) is 0 Å². The highest BCUT2D eigenvalue weighted by atomic mass is 14.6. The molecule has 0 amide bonds. The fourth-order valence-corrected chi connectivity index (χ4v) is 0.204. The van der Waals surface area contributed by atoms with E-state index in [1.165, 1.54) is 12.8 Å². The van der Waals surface area contributed by atoms with Crippen LogP contribution in [0, 0.1) is 0 Å². The van der Waals surface area contributed by atoms with Crippen molar-refractivity contribution in [2.45, 2.75) is 26.7 Å². The summed E-state index contributed by atoms with van der Waals surface area (Å²) in [6.07, 6.45) is 2.39. The zero-order chi connectivity index (χ0) is 10.2. The van der Waals surface area contributed by atoms with Crippen molar-refractivity contribution in [1.82, 2.24) is 0 Å². The summed E-state index contributed by atoms with van der Waals surface area (Å²) in [6.45, 7) is 6.82. The third-order valence-electron chi connectivity index (χ3n) is 0.724. The first kappa shape index (κ1) is 17.8. The van der Waals surface area contributed by atoms with Crippen molar-refractivity contribution in [2.24, 2.45) is 22.9 Å². The van der Waals surface area contributed by atoms with Gasteiger partial charge in [0.2, 0.25) is 0 Å². The maximum Gasteiger partial charge on any atom is 0.00461 e. The van der Waals surface area contributed by atoms with Crippen LogP contribution in [0.4, 0.5) is 0 Å². The Bertz CT molecular complexity index is 38.0. The summed E-state index contributed by atoms with van der Waals surface area (Å²) in [6, 6.07) is 0. The minimum Gasteiger partial charge on any atom is -0.331 e. The maximum absolute atomic E-state index is 5.14. The summed E-state index contributed by atoms with van der Waals surface area (Å²) in [5.41, 5.74) is 19.8. The fraction of sp³-hybridized carbons (Fsp3) is 1.00. The molecule has 0 aromatic heterocycles. The molecule has 0 aliphatic rings. The van der Waals surface area contributed by atoms with Crippen LogP contribution in [-0.4, -0.2) is 26.2 Å². The molecule has 0 aromatic rings. The van der Waals surface area contributed by atoms with Gasteiger partial charge in [-0.05, 0) is 19.5 Å². The van der Waals surface area contributed by atoms with E-state index in [9.17, 15) is 0 Å². The van der Waals surface area contributed by atoms with Crippen LogP contribution < -0.4 is 22.9 Å². The number of hydrogen-bond donors (Lipinski definition) is 4. The summed E-state index contributed by atoms with van der Waals surface area (Å²) in [4.78, 5) is 0. The van der Waals surface area contributed by atoms with Gasteiger partial charge in [0.25, 0.3) is 0 Å². The van der Waals surface area contributed by atoms with Crippen molar-refractivity contribution in [1.29, 1.82) is 0 Å². The standard InChI is InChI=1S/C4H11N.C2H8N2.C2H7N/c1-2-3-4-5;3-1-2-4;1-2-3/h2-5H2,1H3;1-4H2;2-3H2,1H3. The Hall–Kier alpha value is -0.160. The molecule has 0 unspecified atom stereocenters. The third-order valence-corrected chi connectivity index (χ3v) is 0.724. The van der Waals surface area contributed by atoms with Crippen molar-refractivity contribution in [3.05, 3.63) is 0 Å². The minimum absolute atomic E-state index is 0.597. The van der Waals surface area contributed by atoms with E-state index in [0.717, 1.165) is 13.1 Å². The first-order chi connectivity index (χ1) is 5.74. The molecule has 12 heavy (non-hydrogen) atoms. The second-order valence-electron chi connectivity index (χ2n) is 2.13. The zero-order valence-corrected chi connectivity index (χ0v) is 8.55. The van der Waals surface area contributed by atoms with Crippen LogP contribution >= 0.6 is 0 Å². The molecule has 0 saturated heterocycles. The first-order valence-electron chi connectivity index (χ1n) is 4.55. The second kappa shape index (κ2) is 30.8. The highest BCUT2D eigenvalue weighted by molar-refractivity contribution is 4.29. The van der Waals surface area contributed by atoms with E-state index in [0.29, 0.717) is 13.1 Å². The largest absolute Gasteiger partial charge is 0.331 e. The van der Waals surface area contributed by atoms with E-state index in [1.54, 1.807) is 0 Å². The molecule has 4 nitrogen and oxygen atoms in total. The molecule has 0 rings (SSSR count). The van der Waals surface area contributed by atoms with Crippen molar-refractivity contribution in [3.8, 4) is 0 Å². The maximum atomic E-state index is 5.14. The highest BCUT2D eigenvalue weighted by Crippen LogP contribution is 1.77. The number of hydrogen-bond acceptors (Lipinski definition) is 4. The molecule has 4 heteroatoms. The quantitative estimate of drug-likeness (QED) is 0.472. The van der Waals surface area contributed by atoms with Crippen molar-refractivity contribution in [2.75, 3.05) is 26.2 Å². The molecule has 0 bridgehead atoms. The molecule has 8 N–H and O–H groups in total. The van der Waals surface area contributed by atoms with Crippen LogP contribution in [0.15, 0.2) is 0 Å². The molecule has 0 saturated carbocycles. The lowest BCUT2D eigenvalue weighted by molar-refractivity contribution is 0.807. The van der Waals surface area contributed by atoms with Gasteiger partial charge in [0.1, 0.15) is 0 Å². The van der Waals surface area contributed by atoms with Gasteiger partial charge in [0, 0.05) is 13.1 Å². The van der Waals surface area contributed by atoms with Gasteiger partial charge in [0.05, 0.1) is 0 Å². The van der Waals surface area contributed by atoms with Crippen molar-refractivity contribution < 1.29 is 0 Å². The summed E-state index contributed by atoms with van der Waals surface area (Å²) in [5.74, 6) is 0. The van der Waals surface area contributed by atoms with Gasteiger partial charge >= 0.3 is 0 Å². The zero-order valence-electron chi connectivity index (χ0n) is 8.55. The smallest absolute Gasteiger partial charge is 0.00461 e. The van der Waals surface area contributed by atoms with Crippen LogP contribution in [0.5, 0.6) is 0 Å². The average molecular weight is 178 g/mol. The van der Waals surface area contributed by atoms with Gasteiger partial charge in [-0.2, -0.15) is 0 Å². The Morgan fingerprint density at radius 2 is 1.08 bits per heavy atom. The van der Waals surface area contributed by atoms with E-state index in [2.05, 4.69) is 6.92 Å². The van der Waals surface area contributed by atoms with Crippen LogP contribution in [0.25, 0.3) is 0 Å². The van der Waals surface area contributed by atoms with Gasteiger partial charge < -0.3 is 22.9 Å². The summed E-state index contributed by atoms with van der Waals surface area (Å²) in [7, 11) is 0. The monoisotopic (exact) mass is 178 g/mol. The van der Waals surface area contributed by atoms with E-state index >= 15 is 0 Å². The molecule has 0 aliphatic carbocycles. The lowest BCUT2D eigenvalue weighted by Gasteiger charge is -1.80. The average Bonchev–Trinajstić information content (AvgIpc) is 2.08. The number of nitrogens with two attached hydrogens (primary N) is 4. The summed E-state index contributed by atoms with van der Waals surface area (Å²) >= 11 is 0. The molecule has 0 aliphatic heterocycles. The Morgan fingerprint density at radius 3 is 1.08 bits per heavy atom. The normalized spacial score (nSPS) is 7.50. The van der Waals surface area contributed by atoms with Crippen LogP contribution in [0.3, 0.4) is 0 Å². The third kappa shape index (κ3) is 95.3. The SMILES string of the molecule is CCCCN.CCN.NCCN. The molecular weight excluding hydrogens is 152 g/mol. The van der Waals surface area contributed by atoms with E-state index in [4.69, 9.17) is 22.9 Å². The van der Waals surface area contributed by atoms with E-state index in [-0.39, 0.29) is 0 Å². The highest BCUT2D eigenvalue weighted by Gasteiger charge is 1.67. The van der Waals surface area contributed by atoms with Crippen molar-refractivity contribution >= 4 is 0 Å². The predicted molar refractivity (Wildman–Crippen MR) is 56.8 cm³/mol. The Labute approximate surface area is 76.7 Å². The number of unbranched alkanes of at least 4 members (excludes halogenated alkanes) is 1. The molecule has 0 fully saturated rings. The molecule has 78 valence electrons. The summed E-state index contributed by atoms with van der Waals surface area (Å²) in [5, 5.41) is 0. The van der Waals surface area contributed by atoms with Gasteiger partial charge in [-0.3, -0.25) is 0 Å². The topological polar surface area (TPSA) is 104 Å². The van der Waals surface area contributed by atoms with Gasteiger partial charge in [0.15, 0.2) is 0 Å². The first-order valence-corrected chi connectivity index (χ1v) is 4.55. The van der Waals surface area contributed by atoms with E-state index in [1.807, 2.05) is 6.92 Å². The van der Waals surface area contributed by atoms with Gasteiger partial charge in [-0.15, -0.1) is 0 Å². The van der Waals surface area contributed by atoms with Gasteiger partial charge in [-0.25, -0.2) is 0 Å². The van der Waals surface area contributed by atoms with Crippen molar-refractivity contribution in [3.63, 3.8) is 0 Å². The molecule has 0 spiro atoms. The Balaban J connectivity index is -0.000000105. The molecule has 0 heterocycles. The van der Waals surface area contributed by atoms with Crippen LogP contribution in [0.1, 0.15) is 26.7 Å². The Morgan fingerprint density at radius 1 is 0.750 bits per heavy atom. The molecular formula is C8H26N4. The lowest BCUT2D eigenvalue weighted by Crippen LogP contribution is -2.11. The lowest BCUT2D eigenvalue weighted by atomic mass is 10.3. The molecule has 0 radical (unpaired) electrons. The fourth-order valence-electron chi connectivity index (χ4n) is 0.204. The predicted octanol–water partition coefficient (Wildman–Crippen LogP) is -0.386. The minimum atomic E-state index is 0.597. The number of rotatable bonds is 3. The second-order valence-corrected chi connectivity index (χ2v) is 2.13. The van der Waals surface area contributed by atoms with Gasteiger partial charge in [-0.1, -0.05) is 20.3 Å². The molecule has 0 aromatic carbocycles.